The maximum Gasteiger partial charge on any atom is 0.322 e. The first-order valence-electron chi connectivity index (χ1n) is 5.39. The zero-order chi connectivity index (χ0) is 14.0. The second kappa shape index (κ2) is 9.30. The van der Waals surface area contributed by atoms with E-state index in [-0.39, 0.29) is 18.7 Å². The summed E-state index contributed by atoms with van der Waals surface area (Å²) in [6, 6.07) is 0. The third kappa shape index (κ3) is 7.52. The van der Waals surface area contributed by atoms with Crippen LogP contribution in [0.3, 0.4) is 0 Å². The summed E-state index contributed by atoms with van der Waals surface area (Å²) in [7, 11) is 5.11. The molecule has 0 saturated heterocycles. The molecule has 96 valence electrons. The predicted octanol–water partition coefficient (Wildman–Crippen LogP) is 1.24. The highest BCUT2D eigenvalue weighted by Crippen LogP contribution is 2.02. The normalized spacial score (nSPS) is 13.1. The molecule has 1 unspecified atom stereocenters. The number of aliphatic hydroxyl groups excluding tert-OH is 1. The zero-order valence-electron chi connectivity index (χ0n) is 10.5. The first-order valence-corrected chi connectivity index (χ1v) is 5.39. The highest BCUT2D eigenvalue weighted by molar-refractivity contribution is 6.34. The Morgan fingerprint density at radius 3 is 2.56 bits per heavy atom. The van der Waals surface area contributed by atoms with E-state index < -0.39 is 12.1 Å². The number of hydrogen-bond donors (Lipinski definition) is 1. The standard InChI is InChI=1S/C13H17BO4/c1-4-6-12(7-5-2)17-8-11(15)9-18-13(16)10(3)14/h4-7,11,15H,1,3,8-9H2,2H3/b7-5-,12-6+. The molecule has 1 atom stereocenters. The van der Waals surface area contributed by atoms with Crippen molar-refractivity contribution in [3.05, 3.63) is 48.7 Å². The lowest BCUT2D eigenvalue weighted by atomic mass is 9.99. The maximum absolute atomic E-state index is 11.0. The van der Waals surface area contributed by atoms with Gasteiger partial charge in [0.05, 0.1) is 0 Å². The van der Waals surface area contributed by atoms with Crippen LogP contribution in [-0.4, -0.2) is 38.2 Å². The molecule has 0 saturated carbocycles. The highest BCUT2D eigenvalue weighted by atomic mass is 16.5. The third-order valence-electron chi connectivity index (χ3n) is 1.72. The number of ether oxygens (including phenoxy) is 2. The third-order valence-corrected chi connectivity index (χ3v) is 1.72. The molecule has 0 spiro atoms. The quantitative estimate of drug-likeness (QED) is 0.231. The second-order valence-electron chi connectivity index (χ2n) is 3.39. The van der Waals surface area contributed by atoms with Crippen LogP contribution in [0.5, 0.6) is 0 Å². The van der Waals surface area contributed by atoms with Crippen LogP contribution in [0.2, 0.25) is 0 Å². The molecular weight excluding hydrogens is 231 g/mol. The van der Waals surface area contributed by atoms with Gasteiger partial charge >= 0.3 is 5.97 Å². The van der Waals surface area contributed by atoms with Gasteiger partial charge in [-0.25, -0.2) is 4.79 Å². The van der Waals surface area contributed by atoms with E-state index in [0.29, 0.717) is 5.76 Å². The van der Waals surface area contributed by atoms with Gasteiger partial charge < -0.3 is 14.6 Å². The summed E-state index contributed by atoms with van der Waals surface area (Å²) in [6.45, 7) is 8.39. The summed E-state index contributed by atoms with van der Waals surface area (Å²) in [4.78, 5) is 11.0. The fraction of sp³-hybridized carbons (Fsp3) is 0.308. The molecule has 18 heavy (non-hydrogen) atoms. The van der Waals surface area contributed by atoms with Gasteiger partial charge in [0.25, 0.3) is 0 Å². The minimum Gasteiger partial charge on any atom is -0.491 e. The lowest BCUT2D eigenvalue weighted by Crippen LogP contribution is -2.24. The van der Waals surface area contributed by atoms with Crippen molar-refractivity contribution in [2.24, 2.45) is 0 Å². The number of allylic oxidation sites excluding steroid dienone is 4. The minimum atomic E-state index is -0.938. The Kier molecular flexibility index (Phi) is 8.40. The lowest BCUT2D eigenvalue weighted by Gasteiger charge is -2.13. The Morgan fingerprint density at radius 1 is 1.44 bits per heavy atom. The van der Waals surface area contributed by atoms with Crippen LogP contribution in [0.1, 0.15) is 6.92 Å². The topological polar surface area (TPSA) is 55.8 Å². The number of aliphatic hydroxyl groups is 1. The zero-order valence-corrected chi connectivity index (χ0v) is 10.5. The first kappa shape index (κ1) is 16.3. The smallest absolute Gasteiger partial charge is 0.322 e. The van der Waals surface area contributed by atoms with Crippen molar-refractivity contribution >= 4 is 13.8 Å². The fourth-order valence-corrected chi connectivity index (χ4v) is 0.937. The number of esters is 1. The van der Waals surface area contributed by atoms with Gasteiger partial charge in [-0.05, 0) is 24.5 Å². The number of carbonyl (C=O) groups is 1. The molecule has 0 bridgehead atoms. The van der Waals surface area contributed by atoms with Crippen molar-refractivity contribution in [1.82, 2.24) is 0 Å². The van der Waals surface area contributed by atoms with E-state index in [1.807, 2.05) is 6.92 Å². The number of hydrogen-bond acceptors (Lipinski definition) is 4. The molecule has 0 aromatic heterocycles. The Labute approximate surface area is 109 Å². The van der Waals surface area contributed by atoms with Gasteiger partial charge in [-0.1, -0.05) is 25.3 Å². The van der Waals surface area contributed by atoms with E-state index in [9.17, 15) is 9.90 Å². The maximum atomic E-state index is 11.0. The molecule has 1 N–H and O–H groups in total. The van der Waals surface area contributed by atoms with Crippen LogP contribution in [0.4, 0.5) is 0 Å². The van der Waals surface area contributed by atoms with Crippen LogP contribution in [0.25, 0.3) is 0 Å². The van der Waals surface area contributed by atoms with Gasteiger partial charge in [0, 0.05) is 0 Å². The summed E-state index contributed by atoms with van der Waals surface area (Å²) in [5.41, 5.74) is -0.204. The Balaban J connectivity index is 4.05. The lowest BCUT2D eigenvalue weighted by molar-refractivity contribution is -0.141. The van der Waals surface area contributed by atoms with Crippen molar-refractivity contribution in [1.29, 1.82) is 0 Å². The average molecular weight is 248 g/mol. The van der Waals surface area contributed by atoms with E-state index >= 15 is 0 Å². The van der Waals surface area contributed by atoms with Gasteiger partial charge in [-0.2, -0.15) is 0 Å². The molecule has 0 aromatic carbocycles. The van der Waals surface area contributed by atoms with Crippen LogP contribution in [-0.2, 0) is 14.3 Å². The predicted molar refractivity (Wildman–Crippen MR) is 70.9 cm³/mol. The Bertz CT molecular complexity index is 358. The molecule has 0 aliphatic carbocycles. The summed E-state index contributed by atoms with van der Waals surface area (Å²) >= 11 is 0. The summed E-state index contributed by atoms with van der Waals surface area (Å²) in [6.07, 6.45) is 5.80. The summed E-state index contributed by atoms with van der Waals surface area (Å²) in [5, 5.41) is 9.52. The van der Waals surface area contributed by atoms with E-state index in [4.69, 9.17) is 12.6 Å². The van der Waals surface area contributed by atoms with E-state index in [1.54, 1.807) is 24.3 Å². The average Bonchev–Trinajstić information content (AvgIpc) is 2.33. The minimum absolute atomic E-state index is 0.00561. The molecular formula is C13H17BO4. The van der Waals surface area contributed by atoms with E-state index in [0.717, 1.165) is 0 Å². The van der Waals surface area contributed by atoms with Crippen LogP contribution >= 0.6 is 0 Å². The van der Waals surface area contributed by atoms with Crippen molar-refractivity contribution in [3.63, 3.8) is 0 Å². The molecule has 2 radical (unpaired) electrons. The molecule has 0 aliphatic heterocycles. The van der Waals surface area contributed by atoms with Crippen LogP contribution in [0, 0.1) is 0 Å². The molecule has 5 heteroatoms. The van der Waals surface area contributed by atoms with Gasteiger partial charge in [0.2, 0.25) is 0 Å². The Morgan fingerprint density at radius 2 is 2.06 bits per heavy atom. The highest BCUT2D eigenvalue weighted by Gasteiger charge is 2.09. The molecule has 0 amide bonds. The fourth-order valence-electron chi connectivity index (χ4n) is 0.937. The Hall–Kier alpha value is -1.75. The van der Waals surface area contributed by atoms with E-state index in [2.05, 4.69) is 17.9 Å². The molecule has 0 rings (SSSR count). The molecule has 4 nitrogen and oxygen atoms in total. The largest absolute Gasteiger partial charge is 0.491 e. The van der Waals surface area contributed by atoms with Crippen molar-refractivity contribution in [2.75, 3.05) is 13.2 Å². The van der Waals surface area contributed by atoms with Crippen molar-refractivity contribution < 1.29 is 19.4 Å². The molecule has 0 heterocycles. The molecule has 0 aromatic rings. The SMILES string of the molecule is [B]C(=C)C(=O)OCC(O)COC(/C=C\C)=C/C=C. The van der Waals surface area contributed by atoms with Gasteiger partial charge in [-0.15, -0.1) is 0 Å². The number of rotatable bonds is 8. The summed E-state index contributed by atoms with van der Waals surface area (Å²) < 4.78 is 9.95. The molecule has 0 fully saturated rings. The van der Waals surface area contributed by atoms with Crippen molar-refractivity contribution in [2.45, 2.75) is 13.0 Å². The van der Waals surface area contributed by atoms with Gasteiger partial charge in [0.15, 0.2) is 0 Å². The van der Waals surface area contributed by atoms with Crippen LogP contribution < -0.4 is 0 Å². The van der Waals surface area contributed by atoms with E-state index in [1.165, 1.54) is 0 Å². The second-order valence-corrected chi connectivity index (χ2v) is 3.39. The van der Waals surface area contributed by atoms with Gasteiger partial charge in [-0.3, -0.25) is 0 Å². The van der Waals surface area contributed by atoms with Gasteiger partial charge in [0.1, 0.15) is 32.9 Å². The summed E-state index contributed by atoms with van der Waals surface area (Å²) in [5.74, 6) is -0.189. The van der Waals surface area contributed by atoms with Crippen LogP contribution in [0.15, 0.2) is 48.7 Å². The molecule has 0 aliphatic rings. The number of carbonyl (C=O) groups excluding carboxylic acids is 1. The van der Waals surface area contributed by atoms with Crippen molar-refractivity contribution in [3.8, 4) is 0 Å². The first-order chi connectivity index (χ1) is 8.51. The monoisotopic (exact) mass is 248 g/mol.